The zero-order valence-corrected chi connectivity index (χ0v) is 63.4. The summed E-state index contributed by atoms with van der Waals surface area (Å²) in [5, 5.41) is 20.6. The highest BCUT2D eigenvalue weighted by molar-refractivity contribution is 7.47. The second-order valence-electron chi connectivity index (χ2n) is 25.0. The monoisotopic (exact) mass is 1430 g/mol. The van der Waals surface area contributed by atoms with Crippen LogP contribution in [0.5, 0.6) is 0 Å². The van der Waals surface area contributed by atoms with E-state index in [1.807, 2.05) is 0 Å². The van der Waals surface area contributed by atoms with Crippen molar-refractivity contribution in [3.8, 4) is 0 Å². The molecule has 0 saturated carbocycles. The summed E-state index contributed by atoms with van der Waals surface area (Å²) in [4.78, 5) is 58.5. The van der Waals surface area contributed by atoms with Gasteiger partial charge in [0, 0.05) is 19.3 Å². The van der Waals surface area contributed by atoms with Crippen LogP contribution in [-0.2, 0) is 55.8 Å². The summed E-state index contributed by atoms with van der Waals surface area (Å²) < 4.78 is 61.0. The fourth-order valence-electron chi connectivity index (χ4n) is 9.78. The number of esters is 3. The molecule has 5 atom stereocenters. The molecule has 0 aliphatic carbocycles. The lowest BCUT2D eigenvalue weighted by molar-refractivity contribution is -0.161. The van der Waals surface area contributed by atoms with Crippen molar-refractivity contribution in [3.05, 3.63) is 146 Å². The number of allylic oxidation sites excluding steroid dienone is 24. The van der Waals surface area contributed by atoms with Crippen molar-refractivity contribution in [2.75, 3.05) is 39.6 Å². The molecule has 0 aromatic heterocycles. The van der Waals surface area contributed by atoms with E-state index < -0.39 is 91.5 Å². The standard InChI is InChI=1S/C81H136O16P2/c1-4-7-10-13-16-19-22-25-27-29-31-32-33-34-35-36-37-38-39-40-41-42-44-46-47-50-52-55-58-61-64-67-79(84)91-70-76(82)71-93-98(87,88)94-72-77(83)73-95-99(89,90)96-75-78(97-81(86)69-66-63-60-57-54-49-24-21-18-15-12-9-6-3)74-92-80(85)68-65-62-59-56-53-51-48-45-43-30-28-26-23-20-17-14-11-8-5-2/h7-8,10-12,15-17,19-21,24-28,31-32,34-35,37-38,43,45,76-78,82-83H,4-6,9,13-14,18,22-23,29-30,33,36,39-42,44,46-75H2,1-3H3,(H,87,88)(H,89,90)/b10-7-,11-8-,15-12-,19-16-,20-17-,24-21-,27-25-,28-26-,32-31-,35-34-,38-37-,45-43-. The van der Waals surface area contributed by atoms with Crippen LogP contribution < -0.4 is 0 Å². The van der Waals surface area contributed by atoms with Gasteiger partial charge in [-0.25, -0.2) is 9.13 Å². The van der Waals surface area contributed by atoms with Crippen molar-refractivity contribution in [2.24, 2.45) is 0 Å². The molecule has 0 amide bonds. The van der Waals surface area contributed by atoms with Gasteiger partial charge in [0.05, 0.1) is 26.4 Å². The molecule has 0 radical (unpaired) electrons. The Morgan fingerprint density at radius 3 is 0.848 bits per heavy atom. The van der Waals surface area contributed by atoms with Crippen LogP contribution in [0.1, 0.15) is 290 Å². The number of ether oxygens (including phenoxy) is 3. The Morgan fingerprint density at radius 2 is 0.535 bits per heavy atom. The fourth-order valence-corrected chi connectivity index (χ4v) is 11.4. The lowest BCUT2D eigenvalue weighted by Crippen LogP contribution is -2.30. The second-order valence-corrected chi connectivity index (χ2v) is 27.9. The third kappa shape index (κ3) is 74.4. The number of aliphatic hydroxyl groups is 2. The summed E-state index contributed by atoms with van der Waals surface area (Å²) in [5.41, 5.74) is 0. The minimum Gasteiger partial charge on any atom is -0.463 e. The zero-order chi connectivity index (χ0) is 72.3. The largest absolute Gasteiger partial charge is 0.472 e. The molecular formula is C81H136O16P2. The van der Waals surface area contributed by atoms with Crippen molar-refractivity contribution >= 4 is 33.6 Å². The molecule has 4 N–H and O–H groups in total. The molecular weight excluding hydrogens is 1290 g/mol. The Hall–Kier alpha value is -4.57. The summed E-state index contributed by atoms with van der Waals surface area (Å²) in [7, 11) is -9.80. The lowest BCUT2D eigenvalue weighted by Gasteiger charge is -2.21. The highest BCUT2D eigenvalue weighted by Crippen LogP contribution is 2.45. The molecule has 0 aliphatic heterocycles. The van der Waals surface area contributed by atoms with Crippen molar-refractivity contribution in [2.45, 2.75) is 309 Å². The second kappa shape index (κ2) is 73.2. The molecule has 0 aliphatic rings. The van der Waals surface area contributed by atoms with Gasteiger partial charge < -0.3 is 34.2 Å². The van der Waals surface area contributed by atoms with E-state index >= 15 is 0 Å². The minimum atomic E-state index is -4.94. The summed E-state index contributed by atoms with van der Waals surface area (Å²) in [6.45, 7) is 2.34. The van der Waals surface area contributed by atoms with E-state index in [1.165, 1.54) is 51.4 Å². The number of phosphoric ester groups is 2. The fraction of sp³-hybridized carbons (Fsp3) is 0.667. The zero-order valence-electron chi connectivity index (χ0n) is 61.6. The average Bonchev–Trinajstić information content (AvgIpc) is 1.02. The van der Waals surface area contributed by atoms with Crippen molar-refractivity contribution in [3.63, 3.8) is 0 Å². The van der Waals surface area contributed by atoms with Crippen LogP contribution in [0.25, 0.3) is 0 Å². The smallest absolute Gasteiger partial charge is 0.463 e. The first kappa shape index (κ1) is 94.4. The molecule has 5 unspecified atom stereocenters. The third-order valence-corrected chi connectivity index (χ3v) is 17.4. The molecule has 566 valence electrons. The Balaban J connectivity index is 4.48. The number of hydrogen-bond acceptors (Lipinski definition) is 14. The number of unbranched alkanes of at least 4 members (excludes halogenated alkanes) is 24. The molecule has 0 aromatic rings. The van der Waals surface area contributed by atoms with E-state index in [0.29, 0.717) is 19.3 Å². The van der Waals surface area contributed by atoms with Crippen LogP contribution in [-0.4, -0.2) is 95.9 Å². The highest BCUT2D eigenvalue weighted by Gasteiger charge is 2.29. The van der Waals surface area contributed by atoms with Gasteiger partial charge in [-0.1, -0.05) is 282 Å². The summed E-state index contributed by atoms with van der Waals surface area (Å²) in [5.74, 6) is -1.61. The molecule has 99 heavy (non-hydrogen) atoms. The van der Waals surface area contributed by atoms with Crippen LogP contribution in [0.4, 0.5) is 0 Å². The van der Waals surface area contributed by atoms with Gasteiger partial charge in [-0.15, -0.1) is 0 Å². The molecule has 16 nitrogen and oxygen atoms in total. The maximum atomic E-state index is 12.9. The average molecular weight is 1430 g/mol. The van der Waals surface area contributed by atoms with Gasteiger partial charge in [0.1, 0.15) is 25.4 Å². The van der Waals surface area contributed by atoms with E-state index in [1.54, 1.807) is 0 Å². The van der Waals surface area contributed by atoms with E-state index in [9.17, 15) is 43.5 Å². The molecule has 18 heteroatoms. The minimum absolute atomic E-state index is 0.0818. The predicted molar refractivity (Wildman–Crippen MR) is 408 cm³/mol. The quantitative estimate of drug-likeness (QED) is 0.0146. The van der Waals surface area contributed by atoms with E-state index in [0.717, 1.165) is 180 Å². The number of hydrogen-bond donors (Lipinski definition) is 4. The summed E-state index contributed by atoms with van der Waals surface area (Å²) >= 11 is 0. The van der Waals surface area contributed by atoms with Crippen LogP contribution in [0, 0.1) is 0 Å². The van der Waals surface area contributed by atoms with Crippen LogP contribution in [0.2, 0.25) is 0 Å². The first-order valence-electron chi connectivity index (χ1n) is 38.1. The SMILES string of the molecule is CC/C=C\C/C=C\C/C=C\C/C=C\C/C=C\C/C=C\CCCCCCCCCCCCCCC(=O)OCC(O)COP(=O)(O)OCC(O)COP(=O)(O)OCC(COC(=O)CCCCCCCC/C=C\C/C=C\C/C=C\C/C=C\CC)OC(=O)CCCCCCC/C=C\C/C=C\CCC. The maximum absolute atomic E-state index is 12.9. The molecule has 0 heterocycles. The number of aliphatic hydroxyl groups excluding tert-OH is 2. The number of carbonyl (C=O) groups is 3. The van der Waals surface area contributed by atoms with E-state index in [-0.39, 0.29) is 19.3 Å². The Bertz CT molecular complexity index is 2380. The third-order valence-electron chi connectivity index (χ3n) is 15.5. The summed E-state index contributed by atoms with van der Waals surface area (Å²) in [6, 6.07) is 0. The number of carbonyl (C=O) groups excluding carboxylic acids is 3. The molecule has 0 fully saturated rings. The van der Waals surface area contributed by atoms with Crippen molar-refractivity contribution < 1.29 is 75.8 Å². The van der Waals surface area contributed by atoms with Gasteiger partial charge in [-0.3, -0.25) is 32.5 Å². The number of phosphoric acid groups is 2. The van der Waals surface area contributed by atoms with Gasteiger partial charge >= 0.3 is 33.6 Å². The van der Waals surface area contributed by atoms with Gasteiger partial charge in [-0.05, 0) is 135 Å². The Morgan fingerprint density at radius 1 is 0.293 bits per heavy atom. The molecule has 0 saturated heterocycles. The molecule has 0 bridgehead atoms. The summed E-state index contributed by atoms with van der Waals surface area (Å²) in [6.07, 6.45) is 89.1. The van der Waals surface area contributed by atoms with Crippen LogP contribution in [0.15, 0.2) is 146 Å². The molecule has 0 rings (SSSR count). The molecule has 0 spiro atoms. The highest BCUT2D eigenvalue weighted by atomic mass is 31.2. The van der Waals surface area contributed by atoms with E-state index in [4.69, 9.17) is 32.3 Å². The van der Waals surface area contributed by atoms with Crippen molar-refractivity contribution in [1.82, 2.24) is 0 Å². The van der Waals surface area contributed by atoms with Crippen LogP contribution >= 0.6 is 15.6 Å². The lowest BCUT2D eigenvalue weighted by atomic mass is 10.0. The van der Waals surface area contributed by atoms with Gasteiger partial charge in [0.25, 0.3) is 0 Å². The maximum Gasteiger partial charge on any atom is 0.472 e. The predicted octanol–water partition coefficient (Wildman–Crippen LogP) is 22.1. The first-order valence-corrected chi connectivity index (χ1v) is 41.1. The Kier molecular flexibility index (Phi) is 69.8. The van der Waals surface area contributed by atoms with Crippen LogP contribution in [0.3, 0.4) is 0 Å². The topological polar surface area (TPSA) is 231 Å². The first-order chi connectivity index (χ1) is 48.2. The molecule has 0 aromatic carbocycles. The number of rotatable bonds is 71. The van der Waals surface area contributed by atoms with E-state index in [2.05, 4.69) is 167 Å². The normalized spacial score (nSPS) is 14.9. The van der Waals surface area contributed by atoms with Crippen molar-refractivity contribution in [1.29, 1.82) is 0 Å². The Labute approximate surface area is 600 Å². The van der Waals surface area contributed by atoms with Gasteiger partial charge in [0.15, 0.2) is 6.10 Å². The van der Waals surface area contributed by atoms with Gasteiger partial charge in [0.2, 0.25) is 0 Å². The van der Waals surface area contributed by atoms with Gasteiger partial charge in [-0.2, -0.15) is 0 Å².